The molecule has 1 aliphatic rings. The average Bonchev–Trinajstić information content (AvgIpc) is 2.97. The van der Waals surface area contributed by atoms with E-state index in [2.05, 4.69) is 5.32 Å². The summed E-state index contributed by atoms with van der Waals surface area (Å²) < 4.78 is 13.5. The van der Waals surface area contributed by atoms with Gasteiger partial charge in [-0.25, -0.2) is 4.39 Å². The molecule has 1 saturated heterocycles. The number of nitrogens with zero attached hydrogens (tertiary/aromatic N) is 1. The Hall–Kier alpha value is -2.69. The van der Waals surface area contributed by atoms with Crippen molar-refractivity contribution in [2.75, 3.05) is 11.9 Å². The van der Waals surface area contributed by atoms with E-state index < -0.39 is 0 Å². The second-order valence-corrected chi connectivity index (χ2v) is 6.03. The molecule has 0 radical (unpaired) electrons. The Bertz CT molecular complexity index is 771. The van der Waals surface area contributed by atoms with Crippen LogP contribution in [0.4, 0.5) is 10.1 Å². The molecule has 2 amide bonds. The molecule has 1 aliphatic heterocycles. The van der Waals surface area contributed by atoms with E-state index in [1.54, 1.807) is 31.2 Å². The first kappa shape index (κ1) is 16.2. The van der Waals surface area contributed by atoms with Crippen LogP contribution in [0.25, 0.3) is 0 Å². The maximum absolute atomic E-state index is 13.5. The summed E-state index contributed by atoms with van der Waals surface area (Å²) in [6.45, 7) is 3.04. The van der Waals surface area contributed by atoms with Crippen molar-refractivity contribution in [3.63, 3.8) is 0 Å². The topological polar surface area (TPSA) is 49.4 Å². The minimum Gasteiger partial charge on any atom is -0.338 e. The lowest BCUT2D eigenvalue weighted by atomic mass is 10.1. The van der Waals surface area contributed by atoms with Crippen LogP contribution < -0.4 is 5.32 Å². The lowest BCUT2D eigenvalue weighted by Gasteiger charge is -2.15. The highest BCUT2D eigenvalue weighted by atomic mass is 19.1. The van der Waals surface area contributed by atoms with Crippen LogP contribution in [0.2, 0.25) is 0 Å². The van der Waals surface area contributed by atoms with E-state index in [1.807, 2.05) is 17.0 Å². The van der Waals surface area contributed by atoms with Crippen LogP contribution in [0.15, 0.2) is 42.5 Å². The molecule has 1 fully saturated rings. The molecule has 2 aromatic carbocycles. The average molecular weight is 326 g/mol. The summed E-state index contributed by atoms with van der Waals surface area (Å²) in [6, 6.07) is 11.7. The zero-order chi connectivity index (χ0) is 17.1. The van der Waals surface area contributed by atoms with E-state index in [0.717, 1.165) is 18.5 Å². The van der Waals surface area contributed by atoms with Gasteiger partial charge in [-0.15, -0.1) is 0 Å². The number of likely N-dealkylation sites (tertiary alicyclic amines) is 1. The van der Waals surface area contributed by atoms with Gasteiger partial charge in [0.05, 0.1) is 0 Å². The number of rotatable bonds is 4. The summed E-state index contributed by atoms with van der Waals surface area (Å²) in [4.78, 5) is 25.7. The van der Waals surface area contributed by atoms with Crippen molar-refractivity contribution in [2.24, 2.45) is 0 Å². The molecule has 124 valence electrons. The van der Waals surface area contributed by atoms with Crippen LogP contribution >= 0.6 is 0 Å². The van der Waals surface area contributed by atoms with E-state index in [0.29, 0.717) is 29.8 Å². The van der Waals surface area contributed by atoms with Crippen molar-refractivity contribution in [1.82, 2.24) is 4.90 Å². The Labute approximate surface area is 140 Å². The fourth-order valence-electron chi connectivity index (χ4n) is 2.73. The van der Waals surface area contributed by atoms with E-state index in [9.17, 15) is 14.0 Å². The Morgan fingerprint density at radius 2 is 1.96 bits per heavy atom. The molecule has 0 unspecified atom stereocenters. The van der Waals surface area contributed by atoms with Gasteiger partial charge in [-0.2, -0.15) is 0 Å². The van der Waals surface area contributed by atoms with Gasteiger partial charge >= 0.3 is 0 Å². The third-order valence-corrected chi connectivity index (χ3v) is 4.19. The first-order valence-corrected chi connectivity index (χ1v) is 7.97. The maximum atomic E-state index is 13.5. The number of nitrogens with one attached hydrogen (secondary N) is 1. The van der Waals surface area contributed by atoms with Crippen LogP contribution in [-0.4, -0.2) is 23.3 Å². The molecule has 0 saturated carbocycles. The highest BCUT2D eigenvalue weighted by molar-refractivity contribution is 6.04. The summed E-state index contributed by atoms with van der Waals surface area (Å²) in [5.41, 5.74) is 2.44. The standard InChI is InChI=1S/C19H19FN2O2/c1-13-4-9-16(11-17(13)20)21-19(24)15-7-5-14(6-8-15)12-22-10-2-3-18(22)23/h4-9,11H,2-3,10,12H2,1H3,(H,21,24). The zero-order valence-electron chi connectivity index (χ0n) is 13.5. The number of carbonyl (C=O) groups excluding carboxylic acids is 2. The van der Waals surface area contributed by atoms with Crippen LogP contribution in [-0.2, 0) is 11.3 Å². The first-order valence-electron chi connectivity index (χ1n) is 7.97. The fraction of sp³-hybridized carbons (Fsp3) is 0.263. The molecule has 0 aromatic heterocycles. The molecule has 2 aromatic rings. The van der Waals surface area contributed by atoms with Gasteiger partial charge in [0.25, 0.3) is 5.91 Å². The maximum Gasteiger partial charge on any atom is 0.255 e. The van der Waals surface area contributed by atoms with E-state index >= 15 is 0 Å². The summed E-state index contributed by atoms with van der Waals surface area (Å²) in [7, 11) is 0. The summed E-state index contributed by atoms with van der Waals surface area (Å²) in [5, 5.41) is 2.68. The summed E-state index contributed by atoms with van der Waals surface area (Å²) in [6.07, 6.45) is 1.53. The molecule has 1 heterocycles. The predicted molar refractivity (Wildman–Crippen MR) is 90.2 cm³/mol. The molecule has 4 nitrogen and oxygen atoms in total. The molecule has 0 bridgehead atoms. The number of benzene rings is 2. The number of amides is 2. The van der Waals surface area contributed by atoms with Gasteiger partial charge < -0.3 is 10.2 Å². The van der Waals surface area contributed by atoms with Crippen LogP contribution in [0.1, 0.15) is 34.3 Å². The third-order valence-electron chi connectivity index (χ3n) is 4.19. The van der Waals surface area contributed by atoms with Crippen LogP contribution in [0.3, 0.4) is 0 Å². The first-order chi connectivity index (χ1) is 11.5. The quantitative estimate of drug-likeness (QED) is 0.935. The molecule has 3 rings (SSSR count). The van der Waals surface area contributed by atoms with Crippen molar-refractivity contribution in [1.29, 1.82) is 0 Å². The van der Waals surface area contributed by atoms with Gasteiger partial charge in [-0.1, -0.05) is 18.2 Å². The van der Waals surface area contributed by atoms with Gasteiger partial charge in [-0.3, -0.25) is 9.59 Å². The van der Waals surface area contributed by atoms with Gasteiger partial charge in [0.15, 0.2) is 0 Å². The zero-order valence-corrected chi connectivity index (χ0v) is 13.5. The minimum atomic E-state index is -0.349. The van der Waals surface area contributed by atoms with Crippen molar-refractivity contribution in [2.45, 2.75) is 26.3 Å². The Balaban J connectivity index is 1.65. The highest BCUT2D eigenvalue weighted by Gasteiger charge is 2.20. The van der Waals surface area contributed by atoms with Gasteiger partial charge in [0, 0.05) is 30.8 Å². The molecular weight excluding hydrogens is 307 g/mol. The molecule has 0 spiro atoms. The number of hydrogen-bond donors (Lipinski definition) is 1. The number of halogens is 1. The number of carbonyl (C=O) groups is 2. The van der Waals surface area contributed by atoms with Crippen molar-refractivity contribution in [3.8, 4) is 0 Å². The third kappa shape index (κ3) is 3.62. The molecule has 1 N–H and O–H groups in total. The Morgan fingerprint density at radius 1 is 1.21 bits per heavy atom. The predicted octanol–water partition coefficient (Wildman–Crippen LogP) is 3.51. The fourth-order valence-corrected chi connectivity index (χ4v) is 2.73. The van der Waals surface area contributed by atoms with Crippen LogP contribution in [0, 0.1) is 12.7 Å². The SMILES string of the molecule is Cc1ccc(NC(=O)c2ccc(CN3CCCC3=O)cc2)cc1F. The minimum absolute atomic E-state index is 0.179. The summed E-state index contributed by atoms with van der Waals surface area (Å²) >= 11 is 0. The van der Waals surface area contributed by atoms with Crippen molar-refractivity contribution in [3.05, 3.63) is 65.0 Å². The molecule has 24 heavy (non-hydrogen) atoms. The number of aryl methyl sites for hydroxylation is 1. The van der Waals surface area contributed by atoms with E-state index in [4.69, 9.17) is 0 Å². The van der Waals surface area contributed by atoms with Crippen molar-refractivity contribution >= 4 is 17.5 Å². The monoisotopic (exact) mass is 326 g/mol. The molecular formula is C19H19FN2O2. The largest absolute Gasteiger partial charge is 0.338 e. The number of anilines is 1. The second-order valence-electron chi connectivity index (χ2n) is 6.03. The van der Waals surface area contributed by atoms with Gasteiger partial charge in [-0.05, 0) is 48.7 Å². The van der Waals surface area contributed by atoms with E-state index in [-0.39, 0.29) is 17.6 Å². The lowest BCUT2D eigenvalue weighted by molar-refractivity contribution is -0.128. The van der Waals surface area contributed by atoms with E-state index in [1.165, 1.54) is 6.07 Å². The Kier molecular flexibility index (Phi) is 4.60. The molecule has 0 atom stereocenters. The lowest BCUT2D eigenvalue weighted by Crippen LogP contribution is -2.23. The summed E-state index contributed by atoms with van der Waals surface area (Å²) in [5.74, 6) is -0.460. The highest BCUT2D eigenvalue weighted by Crippen LogP contribution is 2.17. The normalized spacial score (nSPS) is 14.1. The van der Waals surface area contributed by atoms with Gasteiger partial charge in [0.1, 0.15) is 5.82 Å². The van der Waals surface area contributed by atoms with Gasteiger partial charge in [0.2, 0.25) is 5.91 Å². The smallest absolute Gasteiger partial charge is 0.255 e. The second kappa shape index (κ2) is 6.83. The Morgan fingerprint density at radius 3 is 2.58 bits per heavy atom. The molecule has 0 aliphatic carbocycles. The van der Waals surface area contributed by atoms with Crippen LogP contribution in [0.5, 0.6) is 0 Å². The number of hydrogen-bond acceptors (Lipinski definition) is 2. The molecule has 5 heteroatoms. The van der Waals surface area contributed by atoms with Crippen molar-refractivity contribution < 1.29 is 14.0 Å².